The molecule has 1 aliphatic heterocycles. The van der Waals surface area contributed by atoms with Gasteiger partial charge in [0.1, 0.15) is 0 Å². The van der Waals surface area contributed by atoms with Gasteiger partial charge in [0.25, 0.3) is 0 Å². The van der Waals surface area contributed by atoms with E-state index in [2.05, 4.69) is 40.9 Å². The predicted octanol–water partition coefficient (Wildman–Crippen LogP) is 4.35. The molecule has 13 heteroatoms. The van der Waals surface area contributed by atoms with Gasteiger partial charge in [-0.3, -0.25) is 9.09 Å². The number of nitrogens with zero attached hydrogens (tertiary/aromatic N) is 1. The fourth-order valence-corrected chi connectivity index (χ4v) is 7.99. The van der Waals surface area contributed by atoms with Gasteiger partial charge in [0.2, 0.25) is 0 Å². The Morgan fingerprint density at radius 1 is 1.13 bits per heavy atom. The first-order valence-corrected chi connectivity index (χ1v) is 14.9. The topological polar surface area (TPSA) is 143 Å². The Bertz CT molecular complexity index is 795. The molecule has 176 valence electrons. The summed E-state index contributed by atoms with van der Waals surface area (Å²) in [5, 5.41) is 0. The Kier molecular flexibility index (Phi) is 7.95. The Balaban J connectivity index is 2.05. The maximum atomic E-state index is 12.1. The standard InChI is InChI=1S/C17H34NO9P3/c1-12-7-8-13(2)18(10-12)16-9-15(14(3)17(16,4)5)11-25-29(21,22)27-30(23,24)26-28(6,19)20/h12,14-16H,2,7-11H2,1,3-6H3,(H,19,20)(H,21,22)(H,23,24). The lowest BCUT2D eigenvalue weighted by Gasteiger charge is -2.45. The molecule has 0 amide bonds. The summed E-state index contributed by atoms with van der Waals surface area (Å²) in [7, 11) is -14.7. The summed E-state index contributed by atoms with van der Waals surface area (Å²) < 4.78 is 48.0. The molecule has 10 nitrogen and oxygen atoms in total. The van der Waals surface area contributed by atoms with Crippen LogP contribution in [0, 0.1) is 23.2 Å². The lowest BCUT2D eigenvalue weighted by Crippen LogP contribution is -2.46. The summed E-state index contributed by atoms with van der Waals surface area (Å²) in [5.41, 5.74) is 0.984. The van der Waals surface area contributed by atoms with Crippen molar-refractivity contribution >= 4 is 23.2 Å². The highest BCUT2D eigenvalue weighted by atomic mass is 31.3. The monoisotopic (exact) mass is 489 g/mol. The van der Waals surface area contributed by atoms with Crippen LogP contribution in [0.3, 0.4) is 0 Å². The van der Waals surface area contributed by atoms with E-state index in [1.165, 1.54) is 0 Å². The van der Waals surface area contributed by atoms with E-state index in [4.69, 9.17) is 9.42 Å². The largest absolute Gasteiger partial charge is 0.488 e. The van der Waals surface area contributed by atoms with Crippen LogP contribution >= 0.6 is 23.2 Å². The molecule has 0 radical (unpaired) electrons. The van der Waals surface area contributed by atoms with Crippen LogP contribution in [0.1, 0.15) is 47.0 Å². The second kappa shape index (κ2) is 9.09. The molecule has 3 N–H and O–H groups in total. The quantitative estimate of drug-likeness (QED) is 0.421. The van der Waals surface area contributed by atoms with Crippen LogP contribution in [0.2, 0.25) is 0 Å². The number of rotatable bonds is 8. The number of phosphoric ester groups is 1. The maximum Gasteiger partial charge on any atom is 0.488 e. The van der Waals surface area contributed by atoms with E-state index >= 15 is 0 Å². The summed E-state index contributed by atoms with van der Waals surface area (Å²) >= 11 is 0. The first-order valence-electron chi connectivity index (χ1n) is 9.91. The number of likely N-dealkylation sites (tertiary alicyclic amines) is 1. The molecule has 0 aromatic rings. The van der Waals surface area contributed by atoms with Crippen LogP contribution in [0.5, 0.6) is 0 Å². The van der Waals surface area contributed by atoms with E-state index < -0.39 is 23.2 Å². The van der Waals surface area contributed by atoms with Crippen molar-refractivity contribution in [3.05, 3.63) is 12.3 Å². The van der Waals surface area contributed by atoms with E-state index in [0.717, 1.165) is 25.1 Å². The molecule has 1 heterocycles. The number of phosphoric acid groups is 2. The molecule has 2 aliphatic rings. The molecule has 7 atom stereocenters. The van der Waals surface area contributed by atoms with Crippen LogP contribution in [0.25, 0.3) is 0 Å². The molecule has 0 bridgehead atoms. The van der Waals surface area contributed by atoms with Crippen molar-refractivity contribution in [2.45, 2.75) is 53.0 Å². The first-order chi connectivity index (χ1) is 13.4. The van der Waals surface area contributed by atoms with Crippen LogP contribution < -0.4 is 0 Å². The summed E-state index contributed by atoms with van der Waals surface area (Å²) in [4.78, 5) is 30.6. The highest BCUT2D eigenvalue weighted by Crippen LogP contribution is 2.66. The van der Waals surface area contributed by atoms with Gasteiger partial charge in [0.15, 0.2) is 0 Å². The Hall–Kier alpha value is -0.0100. The van der Waals surface area contributed by atoms with Gasteiger partial charge < -0.3 is 19.6 Å². The SMILES string of the molecule is C=C1CCC(C)CN1C1CC(COP(=O)(O)OP(=O)(O)OP(C)(=O)O)C(C)C1(C)C. The van der Waals surface area contributed by atoms with Crippen molar-refractivity contribution in [2.75, 3.05) is 19.8 Å². The summed E-state index contributed by atoms with van der Waals surface area (Å²) in [6.45, 7) is 14.2. The third-order valence-electron chi connectivity index (χ3n) is 6.39. The second-order valence-electron chi connectivity index (χ2n) is 9.18. The highest BCUT2D eigenvalue weighted by molar-refractivity contribution is 7.68. The van der Waals surface area contributed by atoms with Crippen molar-refractivity contribution in [3.8, 4) is 0 Å². The number of hydrogen-bond donors (Lipinski definition) is 3. The molecular weight excluding hydrogens is 455 g/mol. The molecule has 2 fully saturated rings. The zero-order valence-electron chi connectivity index (χ0n) is 18.1. The van der Waals surface area contributed by atoms with E-state index in [1.54, 1.807) is 0 Å². The van der Waals surface area contributed by atoms with Gasteiger partial charge in [0, 0.05) is 24.9 Å². The molecule has 0 aromatic heterocycles. The Labute approximate surface area is 178 Å². The van der Waals surface area contributed by atoms with Gasteiger partial charge in [-0.2, -0.15) is 4.31 Å². The number of piperidine rings is 1. The lowest BCUT2D eigenvalue weighted by atomic mass is 9.77. The summed E-state index contributed by atoms with van der Waals surface area (Å²) in [6, 6.07) is 0.183. The fraction of sp³-hybridized carbons (Fsp3) is 0.882. The molecule has 0 spiro atoms. The molecule has 1 aliphatic carbocycles. The van der Waals surface area contributed by atoms with E-state index in [-0.39, 0.29) is 29.9 Å². The minimum atomic E-state index is -5.26. The maximum absolute atomic E-state index is 12.1. The van der Waals surface area contributed by atoms with Crippen molar-refractivity contribution in [1.29, 1.82) is 0 Å². The van der Waals surface area contributed by atoms with Crippen LogP contribution in [-0.2, 0) is 26.8 Å². The van der Waals surface area contributed by atoms with E-state index in [1.807, 2.05) is 6.92 Å². The molecule has 1 saturated heterocycles. The normalized spacial score (nSPS) is 35.5. The molecule has 30 heavy (non-hydrogen) atoms. The number of allylic oxidation sites excluding steroid dienone is 1. The summed E-state index contributed by atoms with van der Waals surface area (Å²) in [5.74, 6) is 0.578. The lowest BCUT2D eigenvalue weighted by molar-refractivity contribution is 0.0858. The second-order valence-corrected chi connectivity index (χ2v) is 14.2. The molecule has 7 unspecified atom stereocenters. The Morgan fingerprint density at radius 3 is 2.30 bits per heavy atom. The van der Waals surface area contributed by atoms with E-state index in [0.29, 0.717) is 19.0 Å². The zero-order chi connectivity index (χ0) is 23.1. The third-order valence-corrected chi connectivity index (χ3v) is 10.6. The smallest absolute Gasteiger partial charge is 0.371 e. The van der Waals surface area contributed by atoms with Crippen molar-refractivity contribution in [1.82, 2.24) is 4.90 Å². The molecule has 0 aromatic carbocycles. The highest BCUT2D eigenvalue weighted by Gasteiger charge is 2.50. The van der Waals surface area contributed by atoms with Gasteiger partial charge in [-0.15, -0.1) is 0 Å². The predicted molar refractivity (Wildman–Crippen MR) is 113 cm³/mol. The van der Waals surface area contributed by atoms with E-state index in [9.17, 15) is 23.5 Å². The number of hydrogen-bond acceptors (Lipinski definition) is 7. The van der Waals surface area contributed by atoms with Crippen LogP contribution in [0.15, 0.2) is 12.3 Å². The van der Waals surface area contributed by atoms with Crippen molar-refractivity contribution in [2.24, 2.45) is 23.2 Å². The van der Waals surface area contributed by atoms with Gasteiger partial charge in [-0.25, -0.2) is 13.4 Å². The summed E-state index contributed by atoms with van der Waals surface area (Å²) in [6.07, 6.45) is 2.76. The fourth-order valence-electron chi connectivity index (χ4n) is 4.46. The average Bonchev–Trinajstić information content (AvgIpc) is 2.75. The Morgan fingerprint density at radius 2 is 1.73 bits per heavy atom. The third kappa shape index (κ3) is 6.74. The van der Waals surface area contributed by atoms with Crippen molar-refractivity contribution < 1.29 is 41.5 Å². The van der Waals surface area contributed by atoms with Crippen LogP contribution in [0.4, 0.5) is 0 Å². The van der Waals surface area contributed by atoms with Gasteiger partial charge in [-0.1, -0.05) is 34.3 Å². The minimum absolute atomic E-state index is 0.103. The van der Waals surface area contributed by atoms with Gasteiger partial charge in [-0.05, 0) is 42.4 Å². The van der Waals surface area contributed by atoms with Gasteiger partial charge >= 0.3 is 23.2 Å². The first kappa shape index (κ1) is 26.2. The average molecular weight is 489 g/mol. The van der Waals surface area contributed by atoms with Crippen molar-refractivity contribution in [3.63, 3.8) is 0 Å². The van der Waals surface area contributed by atoms with Crippen LogP contribution in [-0.4, -0.2) is 45.4 Å². The zero-order valence-corrected chi connectivity index (χ0v) is 20.8. The molecule has 1 saturated carbocycles. The molecule has 2 rings (SSSR count). The van der Waals surface area contributed by atoms with Gasteiger partial charge in [0.05, 0.1) is 6.61 Å². The molecular formula is C17H34NO9P3. The minimum Gasteiger partial charge on any atom is -0.371 e.